The quantitative estimate of drug-likeness (QED) is 0.930. The minimum atomic E-state index is -0.219. The lowest BCUT2D eigenvalue weighted by molar-refractivity contribution is -0.0271. The van der Waals surface area contributed by atoms with E-state index in [-0.39, 0.29) is 16.9 Å². The molecule has 23 heavy (non-hydrogen) atoms. The van der Waals surface area contributed by atoms with Gasteiger partial charge in [0.2, 0.25) is 0 Å². The minimum absolute atomic E-state index is 0.0275. The second-order valence-corrected chi connectivity index (χ2v) is 7.77. The summed E-state index contributed by atoms with van der Waals surface area (Å²) in [6.45, 7) is 5.67. The van der Waals surface area contributed by atoms with Gasteiger partial charge in [-0.3, -0.25) is 0 Å². The predicted molar refractivity (Wildman–Crippen MR) is 91.3 cm³/mol. The number of nitrogens with zero attached hydrogens (tertiary/aromatic N) is 1. The predicted octanol–water partition coefficient (Wildman–Crippen LogP) is 2.83. The third-order valence-electron chi connectivity index (χ3n) is 6.31. The normalized spacial score (nSPS) is 33.3. The van der Waals surface area contributed by atoms with E-state index in [1.165, 1.54) is 5.56 Å². The molecule has 1 aromatic rings. The number of aliphatic hydroxyl groups excluding tert-OH is 1. The van der Waals surface area contributed by atoms with E-state index in [2.05, 4.69) is 37.9 Å². The lowest BCUT2D eigenvalue weighted by atomic mass is 9.52. The molecular formula is C19H29NO3. The molecule has 1 aromatic carbocycles. The van der Waals surface area contributed by atoms with Gasteiger partial charge in [-0.2, -0.15) is 0 Å². The van der Waals surface area contributed by atoms with Crippen LogP contribution in [-0.2, 0) is 5.41 Å². The van der Waals surface area contributed by atoms with Gasteiger partial charge in [-0.15, -0.1) is 0 Å². The Morgan fingerprint density at radius 2 is 1.87 bits per heavy atom. The summed E-state index contributed by atoms with van der Waals surface area (Å²) in [7, 11) is 5.54. The highest BCUT2D eigenvalue weighted by Gasteiger charge is 2.59. The third-order valence-corrected chi connectivity index (χ3v) is 6.31. The molecule has 3 atom stereocenters. The fraction of sp³-hybridized carbons (Fsp3) is 0.684. The average molecular weight is 319 g/mol. The van der Waals surface area contributed by atoms with Crippen LogP contribution >= 0.6 is 0 Å². The van der Waals surface area contributed by atoms with Crippen LogP contribution < -0.4 is 9.47 Å². The van der Waals surface area contributed by atoms with Crippen molar-refractivity contribution >= 4 is 0 Å². The molecule has 0 aromatic heterocycles. The molecule has 4 heteroatoms. The van der Waals surface area contributed by atoms with Gasteiger partial charge < -0.3 is 19.5 Å². The van der Waals surface area contributed by atoms with Crippen molar-refractivity contribution in [3.8, 4) is 11.5 Å². The van der Waals surface area contributed by atoms with Gasteiger partial charge in [0.25, 0.3) is 0 Å². The Hall–Kier alpha value is -1.26. The van der Waals surface area contributed by atoms with Gasteiger partial charge in [0, 0.05) is 11.5 Å². The zero-order valence-corrected chi connectivity index (χ0v) is 14.9. The van der Waals surface area contributed by atoms with Gasteiger partial charge in [0.1, 0.15) is 0 Å². The lowest BCUT2D eigenvalue weighted by Gasteiger charge is -2.54. The summed E-state index contributed by atoms with van der Waals surface area (Å²) in [5.41, 5.74) is 1.38. The van der Waals surface area contributed by atoms with Crippen LogP contribution in [-0.4, -0.2) is 50.0 Å². The molecule has 2 aliphatic rings. The van der Waals surface area contributed by atoms with Crippen molar-refractivity contribution < 1.29 is 14.6 Å². The molecule has 128 valence electrons. The van der Waals surface area contributed by atoms with Crippen LogP contribution in [0.4, 0.5) is 0 Å². The zero-order chi connectivity index (χ0) is 16.8. The van der Waals surface area contributed by atoms with E-state index in [9.17, 15) is 5.11 Å². The van der Waals surface area contributed by atoms with Crippen molar-refractivity contribution in [3.05, 3.63) is 23.8 Å². The maximum atomic E-state index is 10.4. The fourth-order valence-corrected chi connectivity index (χ4v) is 5.18. The molecule has 1 heterocycles. The van der Waals surface area contributed by atoms with E-state index >= 15 is 0 Å². The number of likely N-dealkylation sites (tertiary alicyclic amines) is 1. The fourth-order valence-electron chi connectivity index (χ4n) is 5.18. The molecule has 0 bridgehead atoms. The molecule has 1 saturated heterocycles. The molecule has 4 nitrogen and oxygen atoms in total. The molecular weight excluding hydrogens is 290 g/mol. The highest BCUT2D eigenvalue weighted by atomic mass is 16.5. The van der Waals surface area contributed by atoms with E-state index in [0.29, 0.717) is 6.04 Å². The van der Waals surface area contributed by atoms with Gasteiger partial charge in [-0.1, -0.05) is 19.9 Å². The molecule has 1 aliphatic heterocycles. The van der Waals surface area contributed by atoms with Crippen molar-refractivity contribution in [1.29, 1.82) is 0 Å². The van der Waals surface area contributed by atoms with E-state index in [4.69, 9.17) is 9.47 Å². The van der Waals surface area contributed by atoms with Gasteiger partial charge in [-0.05, 0) is 56.0 Å². The van der Waals surface area contributed by atoms with Gasteiger partial charge >= 0.3 is 0 Å². The number of fused-ring (bicyclic) bond motifs is 1. The van der Waals surface area contributed by atoms with Crippen LogP contribution in [0.25, 0.3) is 0 Å². The van der Waals surface area contributed by atoms with Crippen molar-refractivity contribution in [3.63, 3.8) is 0 Å². The molecule has 1 aliphatic carbocycles. The standard InChI is InChI=1S/C19H29NO3/c1-18(2)12-14(21)11-17-19(18,8-9-20(17)3)13-6-7-15(22-4)16(10-13)23-5/h6-7,10,14,17,21H,8-9,11-12H2,1-5H3/t14-,17+,19-/m1/s1. The number of rotatable bonds is 3. The van der Waals surface area contributed by atoms with Crippen LogP contribution in [0.5, 0.6) is 11.5 Å². The second kappa shape index (κ2) is 5.67. The van der Waals surface area contributed by atoms with Gasteiger partial charge in [0.15, 0.2) is 11.5 Å². The molecule has 3 rings (SSSR count). The smallest absolute Gasteiger partial charge is 0.161 e. The highest BCUT2D eigenvalue weighted by molar-refractivity contribution is 5.47. The van der Waals surface area contributed by atoms with Crippen molar-refractivity contribution in [2.24, 2.45) is 5.41 Å². The molecule has 1 saturated carbocycles. The molecule has 2 fully saturated rings. The van der Waals surface area contributed by atoms with Crippen molar-refractivity contribution in [1.82, 2.24) is 4.90 Å². The van der Waals surface area contributed by atoms with E-state index in [1.54, 1.807) is 14.2 Å². The monoisotopic (exact) mass is 319 g/mol. The average Bonchev–Trinajstić information content (AvgIpc) is 2.85. The summed E-state index contributed by atoms with van der Waals surface area (Å²) in [5, 5.41) is 10.4. The number of ether oxygens (including phenoxy) is 2. The number of methoxy groups -OCH3 is 2. The lowest BCUT2D eigenvalue weighted by Crippen LogP contribution is -2.57. The largest absolute Gasteiger partial charge is 0.493 e. The SMILES string of the molecule is COc1ccc([C@]23CCN(C)[C@H]2C[C@@H](O)CC3(C)C)cc1OC. The Morgan fingerprint density at radius 1 is 1.17 bits per heavy atom. The first kappa shape index (κ1) is 16.6. The molecule has 0 spiro atoms. The van der Waals surface area contributed by atoms with Crippen LogP contribution in [0, 0.1) is 5.41 Å². The van der Waals surface area contributed by atoms with E-state index in [1.807, 2.05) is 6.07 Å². The third kappa shape index (κ3) is 2.34. The Balaban J connectivity index is 2.14. The first-order chi connectivity index (χ1) is 10.9. The number of hydrogen-bond donors (Lipinski definition) is 1. The Labute approximate surface area is 139 Å². The van der Waals surface area contributed by atoms with Crippen LogP contribution in [0.1, 0.15) is 38.7 Å². The highest BCUT2D eigenvalue weighted by Crippen LogP contribution is 2.58. The van der Waals surface area contributed by atoms with Crippen molar-refractivity contribution in [2.45, 2.75) is 50.7 Å². The molecule has 1 N–H and O–H groups in total. The van der Waals surface area contributed by atoms with E-state index in [0.717, 1.165) is 37.3 Å². The Kier molecular flexibility index (Phi) is 4.09. The minimum Gasteiger partial charge on any atom is -0.493 e. The van der Waals surface area contributed by atoms with E-state index < -0.39 is 0 Å². The van der Waals surface area contributed by atoms with Crippen LogP contribution in [0.15, 0.2) is 18.2 Å². The molecule has 0 amide bonds. The van der Waals surface area contributed by atoms with Crippen LogP contribution in [0.3, 0.4) is 0 Å². The number of likely N-dealkylation sites (N-methyl/N-ethyl adjacent to an activating group) is 1. The topological polar surface area (TPSA) is 41.9 Å². The maximum absolute atomic E-state index is 10.4. The number of aliphatic hydroxyl groups is 1. The summed E-state index contributed by atoms with van der Waals surface area (Å²) in [4.78, 5) is 2.42. The van der Waals surface area contributed by atoms with Crippen molar-refractivity contribution in [2.75, 3.05) is 27.8 Å². The Morgan fingerprint density at radius 3 is 2.52 bits per heavy atom. The first-order valence-corrected chi connectivity index (χ1v) is 8.46. The Bertz CT molecular complexity index is 586. The number of benzene rings is 1. The summed E-state index contributed by atoms with van der Waals surface area (Å²) >= 11 is 0. The summed E-state index contributed by atoms with van der Waals surface area (Å²) < 4.78 is 10.9. The first-order valence-electron chi connectivity index (χ1n) is 8.46. The number of hydrogen-bond acceptors (Lipinski definition) is 4. The maximum Gasteiger partial charge on any atom is 0.161 e. The second-order valence-electron chi connectivity index (χ2n) is 7.77. The summed E-state index contributed by atoms with van der Waals surface area (Å²) in [6, 6.07) is 6.70. The molecule has 0 unspecified atom stereocenters. The van der Waals surface area contributed by atoms with Gasteiger partial charge in [-0.25, -0.2) is 0 Å². The van der Waals surface area contributed by atoms with Gasteiger partial charge in [0.05, 0.1) is 20.3 Å². The molecule has 0 radical (unpaired) electrons. The van der Waals surface area contributed by atoms with Crippen LogP contribution in [0.2, 0.25) is 0 Å². The summed E-state index contributed by atoms with van der Waals surface area (Å²) in [6.07, 6.45) is 2.58. The summed E-state index contributed by atoms with van der Waals surface area (Å²) in [5.74, 6) is 1.55. The zero-order valence-electron chi connectivity index (χ0n) is 14.9.